The van der Waals surface area contributed by atoms with E-state index in [2.05, 4.69) is 18.4 Å². The molecule has 0 aliphatic carbocycles. The number of fused-ring (bicyclic) bond motifs is 1. The molecule has 0 aromatic heterocycles. The summed E-state index contributed by atoms with van der Waals surface area (Å²) in [5.74, 6) is -0.889. The predicted octanol–water partition coefficient (Wildman–Crippen LogP) is 1.86. The van der Waals surface area contributed by atoms with E-state index in [9.17, 15) is 9.59 Å². The molecule has 2 rings (SSSR count). The van der Waals surface area contributed by atoms with E-state index in [-0.39, 0.29) is 0 Å². The average molecular weight is 244 g/mol. The highest BCUT2D eigenvalue weighted by molar-refractivity contribution is 6.52. The number of carbonyl (C=O) groups is 2. The summed E-state index contributed by atoms with van der Waals surface area (Å²) in [6.45, 7) is 7.36. The fourth-order valence-corrected chi connectivity index (χ4v) is 2.14. The number of carbonyl (C=O) groups excluding carboxylic acids is 2. The molecule has 0 bridgehead atoms. The number of Topliss-reactive ketones (excluding diaryl/α,β-unsaturated/α-hetero) is 1. The summed E-state index contributed by atoms with van der Waals surface area (Å²) in [6, 6.07) is 5.47. The number of anilines is 2. The van der Waals surface area contributed by atoms with Gasteiger partial charge in [-0.25, -0.2) is 0 Å². The summed E-state index contributed by atoms with van der Waals surface area (Å²) in [7, 11) is 1.62. The molecule has 0 saturated carbocycles. The Hall–Kier alpha value is -2.10. The summed E-state index contributed by atoms with van der Waals surface area (Å²) in [5, 5.41) is 0. The van der Waals surface area contributed by atoms with Crippen molar-refractivity contribution in [2.24, 2.45) is 0 Å². The molecule has 0 atom stereocenters. The van der Waals surface area contributed by atoms with Gasteiger partial charge in [0.05, 0.1) is 11.3 Å². The maximum Gasteiger partial charge on any atom is 0.299 e. The standard InChI is InChI=1S/C14H16N2O2/c1-4-8-16(5-2)10-6-7-11-12(9-10)15(3)14(18)13(11)17/h4,6-7,9H,1,5,8H2,2-3H3. The van der Waals surface area contributed by atoms with E-state index < -0.39 is 11.7 Å². The number of amides is 1. The zero-order chi connectivity index (χ0) is 13.3. The zero-order valence-corrected chi connectivity index (χ0v) is 10.6. The zero-order valence-electron chi connectivity index (χ0n) is 10.6. The van der Waals surface area contributed by atoms with Crippen LogP contribution in [0.15, 0.2) is 30.9 Å². The summed E-state index contributed by atoms with van der Waals surface area (Å²) < 4.78 is 0. The van der Waals surface area contributed by atoms with Crippen LogP contribution in [0.4, 0.5) is 11.4 Å². The van der Waals surface area contributed by atoms with E-state index in [4.69, 9.17) is 0 Å². The summed E-state index contributed by atoms with van der Waals surface area (Å²) in [4.78, 5) is 26.8. The van der Waals surface area contributed by atoms with Crippen LogP contribution in [0.25, 0.3) is 0 Å². The van der Waals surface area contributed by atoms with Gasteiger partial charge >= 0.3 is 0 Å². The molecule has 4 nitrogen and oxygen atoms in total. The highest BCUT2D eigenvalue weighted by Gasteiger charge is 2.33. The Morgan fingerprint density at radius 3 is 2.72 bits per heavy atom. The van der Waals surface area contributed by atoms with Crippen LogP contribution in [-0.4, -0.2) is 31.8 Å². The van der Waals surface area contributed by atoms with Gasteiger partial charge in [0.2, 0.25) is 0 Å². The number of ketones is 1. The minimum atomic E-state index is -0.464. The number of likely N-dealkylation sites (N-methyl/N-ethyl adjacent to an activating group) is 2. The van der Waals surface area contributed by atoms with Crippen LogP contribution >= 0.6 is 0 Å². The Kier molecular flexibility index (Phi) is 3.19. The first-order valence-corrected chi connectivity index (χ1v) is 5.92. The molecule has 1 heterocycles. The van der Waals surface area contributed by atoms with Crippen molar-refractivity contribution in [1.82, 2.24) is 0 Å². The molecule has 1 aliphatic rings. The SMILES string of the molecule is C=CCN(CC)c1ccc2c(c1)N(C)C(=O)C2=O. The Balaban J connectivity index is 2.42. The van der Waals surface area contributed by atoms with Gasteiger partial charge in [0, 0.05) is 25.8 Å². The molecule has 1 aliphatic heterocycles. The molecule has 0 fully saturated rings. The highest BCUT2D eigenvalue weighted by atomic mass is 16.2. The molecular formula is C14H16N2O2. The highest BCUT2D eigenvalue weighted by Crippen LogP contribution is 2.31. The lowest BCUT2D eigenvalue weighted by Crippen LogP contribution is -2.25. The molecule has 1 aromatic rings. The molecule has 1 amide bonds. The Morgan fingerprint density at radius 1 is 1.39 bits per heavy atom. The van der Waals surface area contributed by atoms with Crippen LogP contribution in [0.2, 0.25) is 0 Å². The monoisotopic (exact) mass is 244 g/mol. The van der Waals surface area contributed by atoms with E-state index >= 15 is 0 Å². The summed E-state index contributed by atoms with van der Waals surface area (Å²) in [6.07, 6.45) is 1.83. The lowest BCUT2D eigenvalue weighted by atomic mass is 10.1. The molecule has 0 radical (unpaired) electrons. The van der Waals surface area contributed by atoms with Gasteiger partial charge in [0.1, 0.15) is 0 Å². The molecule has 0 spiro atoms. The van der Waals surface area contributed by atoms with Crippen LogP contribution < -0.4 is 9.80 Å². The van der Waals surface area contributed by atoms with E-state index in [0.29, 0.717) is 11.3 Å². The van der Waals surface area contributed by atoms with Crippen LogP contribution in [0.5, 0.6) is 0 Å². The second-order valence-electron chi connectivity index (χ2n) is 4.22. The Bertz CT molecular complexity index is 523. The third kappa shape index (κ3) is 1.79. The molecule has 4 heteroatoms. The summed E-state index contributed by atoms with van der Waals surface area (Å²) in [5.41, 5.74) is 2.16. The second-order valence-corrected chi connectivity index (χ2v) is 4.22. The molecule has 0 saturated heterocycles. The lowest BCUT2D eigenvalue weighted by Gasteiger charge is -2.22. The van der Waals surface area contributed by atoms with Crippen molar-refractivity contribution >= 4 is 23.1 Å². The van der Waals surface area contributed by atoms with Crippen molar-refractivity contribution in [3.8, 4) is 0 Å². The largest absolute Gasteiger partial charge is 0.368 e. The van der Waals surface area contributed by atoms with Gasteiger partial charge in [-0.1, -0.05) is 6.08 Å². The van der Waals surface area contributed by atoms with Gasteiger partial charge in [-0.2, -0.15) is 0 Å². The van der Waals surface area contributed by atoms with Crippen LogP contribution in [0.3, 0.4) is 0 Å². The van der Waals surface area contributed by atoms with Gasteiger partial charge in [0.25, 0.3) is 11.7 Å². The molecule has 18 heavy (non-hydrogen) atoms. The second kappa shape index (κ2) is 4.64. The van der Waals surface area contributed by atoms with Crippen LogP contribution in [0, 0.1) is 0 Å². The Morgan fingerprint density at radius 2 is 2.11 bits per heavy atom. The number of hydrogen-bond acceptors (Lipinski definition) is 3. The third-order valence-electron chi connectivity index (χ3n) is 3.18. The normalized spacial score (nSPS) is 13.8. The molecular weight excluding hydrogens is 228 g/mol. The van der Waals surface area contributed by atoms with Gasteiger partial charge in [-0.05, 0) is 25.1 Å². The molecule has 1 aromatic carbocycles. The van der Waals surface area contributed by atoms with Crippen molar-refractivity contribution in [3.05, 3.63) is 36.4 Å². The lowest BCUT2D eigenvalue weighted by molar-refractivity contribution is -0.114. The fourth-order valence-electron chi connectivity index (χ4n) is 2.14. The minimum Gasteiger partial charge on any atom is -0.368 e. The van der Waals surface area contributed by atoms with Crippen molar-refractivity contribution in [2.75, 3.05) is 29.9 Å². The first kappa shape index (κ1) is 12.4. The van der Waals surface area contributed by atoms with Gasteiger partial charge in [0.15, 0.2) is 0 Å². The van der Waals surface area contributed by atoms with Crippen molar-refractivity contribution in [3.63, 3.8) is 0 Å². The van der Waals surface area contributed by atoms with Crippen molar-refractivity contribution in [1.29, 1.82) is 0 Å². The van der Waals surface area contributed by atoms with Crippen LogP contribution in [-0.2, 0) is 4.79 Å². The topological polar surface area (TPSA) is 40.6 Å². The average Bonchev–Trinajstić information content (AvgIpc) is 2.61. The quantitative estimate of drug-likeness (QED) is 0.599. The van der Waals surface area contributed by atoms with E-state index in [1.807, 2.05) is 18.2 Å². The first-order valence-electron chi connectivity index (χ1n) is 5.92. The first-order chi connectivity index (χ1) is 8.60. The smallest absolute Gasteiger partial charge is 0.299 e. The van der Waals surface area contributed by atoms with E-state index in [0.717, 1.165) is 18.8 Å². The molecule has 0 N–H and O–H groups in total. The van der Waals surface area contributed by atoms with E-state index in [1.54, 1.807) is 13.1 Å². The minimum absolute atomic E-state index is 0.425. The third-order valence-corrected chi connectivity index (χ3v) is 3.18. The number of rotatable bonds is 4. The van der Waals surface area contributed by atoms with E-state index in [1.165, 1.54) is 4.90 Å². The molecule has 0 unspecified atom stereocenters. The predicted molar refractivity (Wildman–Crippen MR) is 72.3 cm³/mol. The number of nitrogens with zero attached hydrogens (tertiary/aromatic N) is 2. The van der Waals surface area contributed by atoms with Gasteiger partial charge in [-0.15, -0.1) is 6.58 Å². The number of benzene rings is 1. The number of hydrogen-bond donors (Lipinski definition) is 0. The Labute approximate surface area is 106 Å². The van der Waals surface area contributed by atoms with Gasteiger partial charge in [-0.3, -0.25) is 9.59 Å². The van der Waals surface area contributed by atoms with Crippen LogP contribution in [0.1, 0.15) is 17.3 Å². The molecule has 94 valence electrons. The van der Waals surface area contributed by atoms with Crippen molar-refractivity contribution < 1.29 is 9.59 Å². The summed E-state index contributed by atoms with van der Waals surface area (Å²) >= 11 is 0. The maximum absolute atomic E-state index is 11.7. The van der Waals surface area contributed by atoms with Crippen molar-refractivity contribution in [2.45, 2.75) is 6.92 Å². The fraction of sp³-hybridized carbons (Fsp3) is 0.286. The van der Waals surface area contributed by atoms with Gasteiger partial charge < -0.3 is 9.80 Å². The maximum atomic E-state index is 11.7.